The van der Waals surface area contributed by atoms with Crippen molar-refractivity contribution in [2.45, 2.75) is 6.18 Å². The van der Waals surface area contributed by atoms with E-state index < -0.39 is 36.1 Å². The number of hydrazone groups is 1. The van der Waals surface area contributed by atoms with Crippen molar-refractivity contribution in [1.82, 2.24) is 5.43 Å². The molecule has 2 amide bonds. The van der Waals surface area contributed by atoms with Crippen LogP contribution < -0.4 is 20.6 Å². The standard InChI is InChI=1S/C18H14F3N3O5/c19-18(20,21)12-5-3-6-13(8-12)23-16(27)17(28)24-22-9-11-4-1-2-7-14(11)29-10-15(25)26/h1-9H,10H2,(H,23,27)(H,24,28)(H,25,26)/p-1/b22-9-. The summed E-state index contributed by atoms with van der Waals surface area (Å²) < 4.78 is 43.0. The third-order valence-corrected chi connectivity index (χ3v) is 3.29. The fraction of sp³-hybridized carbons (Fsp3) is 0.111. The Hall–Kier alpha value is -3.89. The first-order chi connectivity index (χ1) is 13.7. The highest BCUT2D eigenvalue weighted by atomic mass is 19.4. The van der Waals surface area contributed by atoms with Gasteiger partial charge in [-0.1, -0.05) is 18.2 Å². The van der Waals surface area contributed by atoms with E-state index in [9.17, 15) is 32.7 Å². The number of para-hydroxylation sites is 1. The number of nitrogens with zero attached hydrogens (tertiary/aromatic N) is 1. The van der Waals surface area contributed by atoms with Crippen LogP contribution in [0.2, 0.25) is 0 Å². The number of benzene rings is 2. The van der Waals surface area contributed by atoms with E-state index >= 15 is 0 Å². The van der Waals surface area contributed by atoms with E-state index in [-0.39, 0.29) is 11.4 Å². The van der Waals surface area contributed by atoms with Crippen molar-refractivity contribution in [3.63, 3.8) is 0 Å². The van der Waals surface area contributed by atoms with Gasteiger partial charge in [0.05, 0.1) is 17.7 Å². The first-order valence-corrected chi connectivity index (χ1v) is 7.90. The van der Waals surface area contributed by atoms with Gasteiger partial charge in [0, 0.05) is 11.3 Å². The van der Waals surface area contributed by atoms with Gasteiger partial charge in [0.15, 0.2) is 0 Å². The zero-order valence-electron chi connectivity index (χ0n) is 14.5. The van der Waals surface area contributed by atoms with Crippen LogP contribution in [0.15, 0.2) is 53.6 Å². The molecule has 2 aromatic carbocycles. The lowest BCUT2D eigenvalue weighted by molar-refractivity contribution is -0.307. The number of nitrogens with one attached hydrogen (secondary N) is 2. The molecule has 0 aromatic heterocycles. The van der Waals surface area contributed by atoms with Gasteiger partial charge >= 0.3 is 18.0 Å². The number of hydrogen-bond acceptors (Lipinski definition) is 6. The summed E-state index contributed by atoms with van der Waals surface area (Å²) in [6.45, 7) is -0.698. The summed E-state index contributed by atoms with van der Waals surface area (Å²) >= 11 is 0. The van der Waals surface area contributed by atoms with E-state index in [0.29, 0.717) is 11.6 Å². The van der Waals surface area contributed by atoms with Gasteiger partial charge in [-0.25, -0.2) is 5.43 Å². The van der Waals surface area contributed by atoms with Crippen molar-refractivity contribution in [3.8, 4) is 5.75 Å². The number of halogens is 3. The molecule has 0 heterocycles. The lowest BCUT2D eigenvalue weighted by Crippen LogP contribution is -2.32. The Kier molecular flexibility index (Phi) is 6.90. The van der Waals surface area contributed by atoms with Crippen LogP contribution in [0, 0.1) is 0 Å². The number of aliphatic carboxylic acids is 1. The second kappa shape index (κ2) is 9.35. The predicted molar refractivity (Wildman–Crippen MR) is 92.8 cm³/mol. The fourth-order valence-corrected chi connectivity index (χ4v) is 2.03. The van der Waals surface area contributed by atoms with E-state index in [0.717, 1.165) is 18.3 Å². The maximum atomic E-state index is 12.7. The van der Waals surface area contributed by atoms with E-state index in [4.69, 9.17) is 4.74 Å². The molecule has 0 saturated carbocycles. The average Bonchev–Trinajstić information content (AvgIpc) is 2.66. The van der Waals surface area contributed by atoms with Crippen molar-refractivity contribution in [3.05, 3.63) is 59.7 Å². The molecule has 0 unspecified atom stereocenters. The highest BCUT2D eigenvalue weighted by Crippen LogP contribution is 2.30. The van der Waals surface area contributed by atoms with Gasteiger partial charge in [-0.2, -0.15) is 18.3 Å². The maximum absolute atomic E-state index is 12.7. The topological polar surface area (TPSA) is 120 Å². The van der Waals surface area contributed by atoms with Gasteiger partial charge in [-0.05, 0) is 30.3 Å². The zero-order valence-corrected chi connectivity index (χ0v) is 14.5. The van der Waals surface area contributed by atoms with Crippen molar-refractivity contribution < 1.29 is 37.4 Å². The molecule has 152 valence electrons. The number of anilines is 1. The first-order valence-electron chi connectivity index (χ1n) is 7.90. The molecular weight excluding hydrogens is 395 g/mol. The average molecular weight is 408 g/mol. The predicted octanol–water partition coefficient (Wildman–Crippen LogP) is 0.923. The summed E-state index contributed by atoms with van der Waals surface area (Å²) in [7, 11) is 0. The largest absolute Gasteiger partial charge is 0.546 e. The van der Waals surface area contributed by atoms with Crippen LogP contribution in [-0.2, 0) is 20.6 Å². The van der Waals surface area contributed by atoms with Gasteiger partial charge in [-0.3, -0.25) is 9.59 Å². The van der Waals surface area contributed by atoms with Gasteiger partial charge in [0.1, 0.15) is 12.4 Å². The molecule has 2 N–H and O–H groups in total. The monoisotopic (exact) mass is 408 g/mol. The quantitative estimate of drug-likeness (QED) is 0.419. The molecule has 29 heavy (non-hydrogen) atoms. The van der Waals surface area contributed by atoms with Crippen molar-refractivity contribution in [2.75, 3.05) is 11.9 Å². The van der Waals surface area contributed by atoms with Crippen LogP contribution in [0.25, 0.3) is 0 Å². The SMILES string of the molecule is O=C([O-])COc1ccccc1/C=N\NC(=O)C(=O)Nc1cccc(C(F)(F)F)c1. The second-order valence-electron chi connectivity index (χ2n) is 5.43. The van der Waals surface area contributed by atoms with Crippen LogP contribution in [0.5, 0.6) is 5.75 Å². The Morgan fingerprint density at radius 3 is 2.48 bits per heavy atom. The lowest BCUT2D eigenvalue weighted by atomic mass is 10.2. The third kappa shape index (κ3) is 6.65. The second-order valence-corrected chi connectivity index (χ2v) is 5.43. The van der Waals surface area contributed by atoms with Gasteiger partial charge in [0.2, 0.25) is 0 Å². The highest BCUT2D eigenvalue weighted by Gasteiger charge is 2.30. The van der Waals surface area contributed by atoms with E-state index in [1.165, 1.54) is 18.2 Å². The summed E-state index contributed by atoms with van der Waals surface area (Å²) in [4.78, 5) is 34.0. The van der Waals surface area contributed by atoms with Crippen LogP contribution in [-0.4, -0.2) is 30.6 Å². The Bertz CT molecular complexity index is 944. The Balaban J connectivity index is 1.97. The number of carboxylic acid groups (broad SMARTS) is 1. The molecule has 0 bridgehead atoms. The molecular formula is C18H13F3N3O5-. The van der Waals surface area contributed by atoms with E-state index in [1.54, 1.807) is 12.1 Å². The Morgan fingerprint density at radius 2 is 1.79 bits per heavy atom. The minimum absolute atomic E-state index is 0.142. The number of alkyl halides is 3. The number of rotatable bonds is 6. The minimum atomic E-state index is -4.60. The molecule has 0 saturated heterocycles. The Morgan fingerprint density at radius 1 is 1.07 bits per heavy atom. The van der Waals surface area contributed by atoms with Gasteiger partial charge in [0.25, 0.3) is 0 Å². The van der Waals surface area contributed by atoms with Crippen LogP contribution in [0.1, 0.15) is 11.1 Å². The zero-order chi connectivity index (χ0) is 21.4. The van der Waals surface area contributed by atoms with Gasteiger partial charge < -0.3 is 20.0 Å². The van der Waals surface area contributed by atoms with E-state index in [2.05, 4.69) is 5.10 Å². The molecule has 0 spiro atoms. The molecule has 2 rings (SSSR count). The van der Waals surface area contributed by atoms with Crippen LogP contribution >= 0.6 is 0 Å². The summed E-state index contributed by atoms with van der Waals surface area (Å²) in [6.07, 6.45) is -3.50. The number of carbonyl (C=O) groups excluding carboxylic acids is 3. The molecule has 0 aliphatic heterocycles. The highest BCUT2D eigenvalue weighted by molar-refractivity contribution is 6.39. The number of ether oxygens (including phenoxy) is 1. The summed E-state index contributed by atoms with van der Waals surface area (Å²) in [6, 6.07) is 9.89. The fourth-order valence-electron chi connectivity index (χ4n) is 2.03. The number of carboxylic acids is 1. The summed E-state index contributed by atoms with van der Waals surface area (Å²) in [5.41, 5.74) is 0.997. The maximum Gasteiger partial charge on any atom is 0.416 e. The normalized spacial score (nSPS) is 11.1. The van der Waals surface area contributed by atoms with Crippen LogP contribution in [0.4, 0.5) is 18.9 Å². The molecule has 0 aliphatic carbocycles. The molecule has 0 atom stereocenters. The first kappa shape index (κ1) is 21.4. The van der Waals surface area contributed by atoms with Gasteiger partial charge in [-0.15, -0.1) is 0 Å². The smallest absolute Gasteiger partial charge is 0.416 e. The number of carbonyl (C=O) groups is 3. The number of hydrogen-bond donors (Lipinski definition) is 2. The molecule has 0 aliphatic rings. The summed E-state index contributed by atoms with van der Waals surface area (Å²) in [5, 5.41) is 16.0. The molecule has 2 aromatic rings. The number of amides is 2. The lowest BCUT2D eigenvalue weighted by Gasteiger charge is -2.09. The third-order valence-electron chi connectivity index (χ3n) is 3.29. The van der Waals surface area contributed by atoms with Crippen molar-refractivity contribution >= 4 is 29.7 Å². The van der Waals surface area contributed by atoms with Crippen molar-refractivity contribution in [1.29, 1.82) is 0 Å². The summed E-state index contributed by atoms with van der Waals surface area (Å²) in [5.74, 6) is -3.76. The Labute approximate surface area is 162 Å². The molecule has 8 nitrogen and oxygen atoms in total. The van der Waals surface area contributed by atoms with Crippen LogP contribution in [0.3, 0.4) is 0 Å². The molecule has 0 radical (unpaired) electrons. The molecule has 11 heteroatoms. The minimum Gasteiger partial charge on any atom is -0.546 e. The molecule has 0 fully saturated rings. The van der Waals surface area contributed by atoms with Crippen molar-refractivity contribution in [2.24, 2.45) is 5.10 Å². The van der Waals surface area contributed by atoms with E-state index in [1.807, 2.05) is 10.7 Å².